The van der Waals surface area contributed by atoms with Gasteiger partial charge in [0.15, 0.2) is 0 Å². The summed E-state index contributed by atoms with van der Waals surface area (Å²) in [5.41, 5.74) is 5.47. The van der Waals surface area contributed by atoms with E-state index in [4.69, 9.17) is 10.5 Å². The number of amides is 1. The molecule has 2 saturated heterocycles. The van der Waals surface area contributed by atoms with Crippen LogP contribution in [0.1, 0.15) is 12.8 Å². The maximum Gasteiger partial charge on any atom is 0.311 e. The van der Waals surface area contributed by atoms with Crippen LogP contribution >= 0.6 is 0 Å². The summed E-state index contributed by atoms with van der Waals surface area (Å²) in [4.78, 5) is 30.9. The summed E-state index contributed by atoms with van der Waals surface area (Å²) in [6.45, 7) is 3.76. The summed E-state index contributed by atoms with van der Waals surface area (Å²) < 4.78 is 5.29. The standard InChI is InChI=1S/C15H21N5O4/c16-14-12(20(22)23)3-4-13(17-14)19-5-1-2-11(10-19)15(21)18-6-8-24-9-7-18/h3-4,11H,1-2,5-10H2,(H2,16,17)/t11-/m1/s1. The predicted octanol–water partition coefficient (Wildman–Crippen LogP) is 0.647. The zero-order valence-electron chi connectivity index (χ0n) is 13.4. The van der Waals surface area contributed by atoms with Gasteiger partial charge in [-0.05, 0) is 18.9 Å². The Balaban J connectivity index is 1.70. The van der Waals surface area contributed by atoms with E-state index in [9.17, 15) is 14.9 Å². The molecule has 1 amide bonds. The molecule has 0 saturated carbocycles. The van der Waals surface area contributed by atoms with Gasteiger partial charge >= 0.3 is 5.69 Å². The van der Waals surface area contributed by atoms with Gasteiger partial charge in [-0.25, -0.2) is 4.98 Å². The van der Waals surface area contributed by atoms with E-state index in [1.54, 1.807) is 6.07 Å². The third-order valence-electron chi connectivity index (χ3n) is 4.50. The van der Waals surface area contributed by atoms with E-state index in [1.165, 1.54) is 6.07 Å². The van der Waals surface area contributed by atoms with Crippen molar-refractivity contribution in [1.29, 1.82) is 0 Å². The van der Waals surface area contributed by atoms with Crippen molar-refractivity contribution in [1.82, 2.24) is 9.88 Å². The Hall–Kier alpha value is -2.42. The maximum atomic E-state index is 12.6. The second-order valence-corrected chi connectivity index (χ2v) is 6.05. The maximum absolute atomic E-state index is 12.6. The molecule has 1 atom stereocenters. The average molecular weight is 335 g/mol. The molecule has 0 aliphatic carbocycles. The Kier molecular flexibility index (Phi) is 4.79. The molecule has 2 N–H and O–H groups in total. The lowest BCUT2D eigenvalue weighted by Gasteiger charge is -2.36. The molecule has 2 fully saturated rings. The smallest absolute Gasteiger partial charge is 0.311 e. The Morgan fingerprint density at radius 1 is 1.33 bits per heavy atom. The lowest BCUT2D eigenvalue weighted by atomic mass is 9.96. The fraction of sp³-hybridized carbons (Fsp3) is 0.600. The van der Waals surface area contributed by atoms with Gasteiger partial charge in [0.05, 0.1) is 24.1 Å². The number of anilines is 2. The molecule has 1 aromatic rings. The van der Waals surface area contributed by atoms with Gasteiger partial charge in [-0.15, -0.1) is 0 Å². The monoisotopic (exact) mass is 335 g/mol. The van der Waals surface area contributed by atoms with Crippen LogP contribution in [-0.4, -0.2) is 60.1 Å². The molecule has 0 aromatic carbocycles. The average Bonchev–Trinajstić information content (AvgIpc) is 2.61. The van der Waals surface area contributed by atoms with Crippen LogP contribution in [0.25, 0.3) is 0 Å². The molecule has 0 unspecified atom stereocenters. The van der Waals surface area contributed by atoms with Crippen molar-refractivity contribution in [3.8, 4) is 0 Å². The summed E-state index contributed by atoms with van der Waals surface area (Å²) in [5.74, 6) is 0.546. The van der Waals surface area contributed by atoms with Crippen molar-refractivity contribution in [3.05, 3.63) is 22.2 Å². The Bertz CT molecular complexity index is 632. The number of carbonyl (C=O) groups is 1. The molecule has 0 spiro atoms. The highest BCUT2D eigenvalue weighted by Gasteiger charge is 2.31. The van der Waals surface area contributed by atoms with E-state index in [1.807, 2.05) is 9.80 Å². The fourth-order valence-electron chi connectivity index (χ4n) is 3.22. The van der Waals surface area contributed by atoms with Gasteiger partial charge < -0.3 is 20.3 Å². The van der Waals surface area contributed by atoms with E-state index in [2.05, 4.69) is 4.98 Å². The Labute approximate surface area is 139 Å². The first kappa shape index (κ1) is 16.4. The molecule has 9 heteroatoms. The number of pyridine rings is 1. The third-order valence-corrected chi connectivity index (χ3v) is 4.50. The fourth-order valence-corrected chi connectivity index (χ4v) is 3.22. The van der Waals surface area contributed by atoms with Crippen LogP contribution in [0.3, 0.4) is 0 Å². The molecule has 0 radical (unpaired) electrons. The molecule has 130 valence electrons. The van der Waals surface area contributed by atoms with Gasteiger partial charge in [-0.1, -0.05) is 0 Å². The molecule has 3 heterocycles. The number of piperidine rings is 1. The number of nitro groups is 1. The molecule has 1 aromatic heterocycles. The molecule has 2 aliphatic heterocycles. The van der Waals surface area contributed by atoms with Crippen molar-refractivity contribution in [2.45, 2.75) is 12.8 Å². The number of nitrogens with two attached hydrogens (primary N) is 1. The molecule has 2 aliphatic rings. The second-order valence-electron chi connectivity index (χ2n) is 6.05. The van der Waals surface area contributed by atoms with Crippen molar-refractivity contribution >= 4 is 23.2 Å². The minimum absolute atomic E-state index is 0.0879. The Morgan fingerprint density at radius 2 is 2.08 bits per heavy atom. The van der Waals surface area contributed by atoms with E-state index < -0.39 is 4.92 Å². The summed E-state index contributed by atoms with van der Waals surface area (Å²) in [7, 11) is 0. The van der Waals surface area contributed by atoms with Gasteiger partial charge in [0.2, 0.25) is 11.7 Å². The van der Waals surface area contributed by atoms with Crippen LogP contribution in [0.15, 0.2) is 12.1 Å². The van der Waals surface area contributed by atoms with Crippen LogP contribution < -0.4 is 10.6 Å². The number of nitrogens with zero attached hydrogens (tertiary/aromatic N) is 4. The summed E-state index contributed by atoms with van der Waals surface area (Å²) in [6, 6.07) is 2.96. The minimum Gasteiger partial charge on any atom is -0.378 e. The summed E-state index contributed by atoms with van der Waals surface area (Å²) in [6.07, 6.45) is 1.72. The van der Waals surface area contributed by atoms with Crippen molar-refractivity contribution in [2.75, 3.05) is 50.0 Å². The zero-order valence-corrected chi connectivity index (χ0v) is 13.4. The lowest BCUT2D eigenvalue weighted by molar-refractivity contribution is -0.384. The molecule has 0 bridgehead atoms. The van der Waals surface area contributed by atoms with E-state index in [0.29, 0.717) is 38.7 Å². The highest BCUT2D eigenvalue weighted by Crippen LogP contribution is 2.27. The largest absolute Gasteiger partial charge is 0.378 e. The quantitative estimate of drug-likeness (QED) is 0.637. The van der Waals surface area contributed by atoms with Gasteiger partial charge in [0, 0.05) is 32.2 Å². The van der Waals surface area contributed by atoms with Gasteiger partial charge in [-0.2, -0.15) is 0 Å². The molecule has 3 rings (SSSR count). The SMILES string of the molecule is Nc1nc(N2CCC[C@@H](C(=O)N3CCOCC3)C2)ccc1[N+](=O)[O-]. The van der Waals surface area contributed by atoms with E-state index >= 15 is 0 Å². The molecular formula is C15H21N5O4. The first-order valence-corrected chi connectivity index (χ1v) is 8.08. The van der Waals surface area contributed by atoms with Gasteiger partial charge in [-0.3, -0.25) is 14.9 Å². The number of carbonyl (C=O) groups excluding carboxylic acids is 1. The first-order valence-electron chi connectivity index (χ1n) is 8.08. The highest BCUT2D eigenvalue weighted by atomic mass is 16.6. The van der Waals surface area contributed by atoms with Crippen molar-refractivity contribution < 1.29 is 14.5 Å². The number of ether oxygens (including phenoxy) is 1. The number of nitrogen functional groups attached to an aromatic ring is 1. The van der Waals surface area contributed by atoms with Crippen LogP contribution in [0, 0.1) is 16.0 Å². The first-order chi connectivity index (χ1) is 11.6. The highest BCUT2D eigenvalue weighted by molar-refractivity contribution is 5.80. The van der Waals surface area contributed by atoms with Crippen LogP contribution in [0.4, 0.5) is 17.3 Å². The van der Waals surface area contributed by atoms with Crippen molar-refractivity contribution in [2.24, 2.45) is 5.92 Å². The predicted molar refractivity (Wildman–Crippen MR) is 87.6 cm³/mol. The molecule has 9 nitrogen and oxygen atoms in total. The van der Waals surface area contributed by atoms with Crippen LogP contribution in [0.5, 0.6) is 0 Å². The number of rotatable bonds is 3. The number of morpholine rings is 1. The van der Waals surface area contributed by atoms with E-state index in [-0.39, 0.29) is 23.3 Å². The van der Waals surface area contributed by atoms with E-state index in [0.717, 1.165) is 19.4 Å². The normalized spacial score (nSPS) is 21.6. The Morgan fingerprint density at radius 3 is 2.75 bits per heavy atom. The topological polar surface area (TPSA) is 115 Å². The molecule has 24 heavy (non-hydrogen) atoms. The minimum atomic E-state index is -0.549. The zero-order chi connectivity index (χ0) is 17.1. The van der Waals surface area contributed by atoms with Gasteiger partial charge in [0.1, 0.15) is 5.82 Å². The summed E-state index contributed by atoms with van der Waals surface area (Å²) in [5, 5.41) is 10.8. The lowest BCUT2D eigenvalue weighted by Crippen LogP contribution is -2.48. The number of hydrogen-bond donors (Lipinski definition) is 1. The second kappa shape index (κ2) is 7.00. The van der Waals surface area contributed by atoms with Gasteiger partial charge in [0.25, 0.3) is 0 Å². The van der Waals surface area contributed by atoms with Crippen LogP contribution in [-0.2, 0) is 9.53 Å². The third kappa shape index (κ3) is 3.40. The summed E-state index contributed by atoms with van der Waals surface area (Å²) >= 11 is 0. The van der Waals surface area contributed by atoms with Crippen molar-refractivity contribution in [3.63, 3.8) is 0 Å². The number of hydrogen-bond acceptors (Lipinski definition) is 7. The van der Waals surface area contributed by atoms with Crippen LogP contribution in [0.2, 0.25) is 0 Å². The number of aromatic nitrogens is 1. The molecular weight excluding hydrogens is 314 g/mol.